The lowest BCUT2D eigenvalue weighted by atomic mass is 9.88. The van der Waals surface area contributed by atoms with Crippen LogP contribution in [-0.4, -0.2) is 44.3 Å². The minimum Gasteiger partial charge on any atom is -0.477 e. The molecular weight excluding hydrogens is 472 g/mol. The standard InChI is InChI=1S/C24H29ClN6O4/c1-6-35-22-17(11-16(25)13-27-22)21(33)28-14-24(3,4)12-19(32)29-20-15(2)30(5)31(23(20)34)18-9-7-8-10-26-18/h7-11,13H,6,12,14H2,1-5H3,(H,28,33)(H,29,32). The zero-order valence-electron chi connectivity index (χ0n) is 20.4. The molecule has 0 saturated heterocycles. The summed E-state index contributed by atoms with van der Waals surface area (Å²) in [5.74, 6) is -0.112. The Labute approximate surface area is 208 Å². The summed E-state index contributed by atoms with van der Waals surface area (Å²) in [4.78, 5) is 46.9. The van der Waals surface area contributed by atoms with E-state index in [9.17, 15) is 14.4 Å². The van der Waals surface area contributed by atoms with Crippen molar-refractivity contribution in [3.63, 3.8) is 0 Å². The fourth-order valence-corrected chi connectivity index (χ4v) is 3.68. The Kier molecular flexibility index (Phi) is 7.96. The minimum atomic E-state index is -0.611. The van der Waals surface area contributed by atoms with Gasteiger partial charge in [0.15, 0.2) is 5.82 Å². The fraction of sp³-hybridized carbons (Fsp3) is 0.375. The van der Waals surface area contributed by atoms with Crippen LogP contribution >= 0.6 is 11.6 Å². The Bertz CT molecular complexity index is 1280. The molecule has 0 aliphatic heterocycles. The van der Waals surface area contributed by atoms with Gasteiger partial charge in [0.2, 0.25) is 11.8 Å². The van der Waals surface area contributed by atoms with Gasteiger partial charge in [0.05, 0.1) is 17.3 Å². The molecule has 0 aliphatic carbocycles. The van der Waals surface area contributed by atoms with Crippen LogP contribution in [0.5, 0.6) is 5.88 Å². The highest BCUT2D eigenvalue weighted by atomic mass is 35.5. The highest BCUT2D eigenvalue weighted by Crippen LogP contribution is 2.23. The number of amides is 2. The van der Waals surface area contributed by atoms with Crippen LogP contribution in [-0.2, 0) is 11.8 Å². The van der Waals surface area contributed by atoms with E-state index < -0.39 is 11.3 Å². The zero-order valence-corrected chi connectivity index (χ0v) is 21.1. The first-order chi connectivity index (χ1) is 16.5. The molecule has 11 heteroatoms. The average Bonchev–Trinajstić information content (AvgIpc) is 3.02. The van der Waals surface area contributed by atoms with Crippen molar-refractivity contribution in [3.05, 3.63) is 63.3 Å². The monoisotopic (exact) mass is 500 g/mol. The number of ether oxygens (including phenoxy) is 1. The lowest BCUT2D eigenvalue weighted by Gasteiger charge is -2.24. The SMILES string of the molecule is CCOc1ncc(Cl)cc1C(=O)NCC(C)(C)CC(=O)Nc1c(C)n(C)n(-c2ccccn2)c1=O. The van der Waals surface area contributed by atoms with Gasteiger partial charge in [-0.25, -0.2) is 9.97 Å². The van der Waals surface area contributed by atoms with E-state index in [-0.39, 0.29) is 41.6 Å². The van der Waals surface area contributed by atoms with Gasteiger partial charge in [-0.2, -0.15) is 4.68 Å². The maximum atomic E-state index is 13.0. The zero-order chi connectivity index (χ0) is 25.8. The lowest BCUT2D eigenvalue weighted by Crippen LogP contribution is -2.37. The van der Waals surface area contributed by atoms with E-state index in [2.05, 4.69) is 20.6 Å². The summed E-state index contributed by atoms with van der Waals surface area (Å²) in [6.07, 6.45) is 3.07. The fourth-order valence-electron chi connectivity index (χ4n) is 3.53. The molecule has 0 aliphatic rings. The van der Waals surface area contributed by atoms with E-state index in [0.29, 0.717) is 23.1 Å². The van der Waals surface area contributed by atoms with Crippen molar-refractivity contribution in [2.24, 2.45) is 12.5 Å². The smallest absolute Gasteiger partial charge is 0.296 e. The van der Waals surface area contributed by atoms with Gasteiger partial charge in [0, 0.05) is 32.4 Å². The first-order valence-electron chi connectivity index (χ1n) is 11.1. The maximum Gasteiger partial charge on any atom is 0.296 e. The first kappa shape index (κ1) is 26.0. The maximum absolute atomic E-state index is 13.0. The molecule has 0 saturated carbocycles. The van der Waals surface area contributed by atoms with E-state index in [4.69, 9.17) is 16.3 Å². The molecule has 0 atom stereocenters. The lowest BCUT2D eigenvalue weighted by molar-refractivity contribution is -0.118. The van der Waals surface area contributed by atoms with Gasteiger partial charge in [-0.1, -0.05) is 31.5 Å². The molecule has 0 aromatic carbocycles. The van der Waals surface area contributed by atoms with Gasteiger partial charge in [-0.05, 0) is 37.5 Å². The molecule has 3 aromatic heterocycles. The van der Waals surface area contributed by atoms with Crippen LogP contribution in [0.4, 0.5) is 5.69 Å². The van der Waals surface area contributed by atoms with Crippen molar-refractivity contribution >= 4 is 29.1 Å². The van der Waals surface area contributed by atoms with Crippen LogP contribution in [0, 0.1) is 12.3 Å². The van der Waals surface area contributed by atoms with E-state index in [0.717, 1.165) is 0 Å². The second-order valence-electron chi connectivity index (χ2n) is 8.80. The van der Waals surface area contributed by atoms with Gasteiger partial charge in [0.1, 0.15) is 11.3 Å². The number of nitrogens with zero attached hydrogens (tertiary/aromatic N) is 4. The Hall–Kier alpha value is -3.66. The first-order valence-corrected chi connectivity index (χ1v) is 11.5. The van der Waals surface area contributed by atoms with Crippen molar-refractivity contribution in [2.45, 2.75) is 34.1 Å². The molecule has 3 heterocycles. The molecule has 2 N–H and O–H groups in total. The third-order valence-electron chi connectivity index (χ3n) is 5.39. The van der Waals surface area contributed by atoms with Crippen molar-refractivity contribution in [3.8, 4) is 11.7 Å². The number of aromatic nitrogens is 4. The number of hydrogen-bond donors (Lipinski definition) is 2. The van der Waals surface area contributed by atoms with Crippen molar-refractivity contribution in [2.75, 3.05) is 18.5 Å². The minimum absolute atomic E-state index is 0.0662. The van der Waals surface area contributed by atoms with Gasteiger partial charge in [-0.15, -0.1) is 0 Å². The van der Waals surface area contributed by atoms with Gasteiger partial charge < -0.3 is 15.4 Å². The summed E-state index contributed by atoms with van der Waals surface area (Å²) >= 11 is 5.99. The van der Waals surface area contributed by atoms with Crippen molar-refractivity contribution < 1.29 is 14.3 Å². The van der Waals surface area contributed by atoms with E-state index in [1.807, 2.05) is 13.8 Å². The summed E-state index contributed by atoms with van der Waals surface area (Å²) in [6.45, 7) is 7.77. The highest BCUT2D eigenvalue weighted by Gasteiger charge is 2.26. The Morgan fingerprint density at radius 3 is 2.63 bits per heavy atom. The van der Waals surface area contributed by atoms with Crippen LogP contribution < -0.4 is 20.9 Å². The number of halogens is 1. The topological polar surface area (TPSA) is 120 Å². The molecule has 0 fully saturated rings. The number of pyridine rings is 2. The van der Waals surface area contributed by atoms with Crippen LogP contribution in [0.2, 0.25) is 5.02 Å². The van der Waals surface area contributed by atoms with Crippen LogP contribution in [0.1, 0.15) is 43.2 Å². The van der Waals surface area contributed by atoms with E-state index in [1.54, 1.807) is 50.0 Å². The molecule has 3 rings (SSSR count). The van der Waals surface area contributed by atoms with Gasteiger partial charge in [0.25, 0.3) is 11.5 Å². The number of carbonyl (C=O) groups is 2. The number of carbonyl (C=O) groups excluding carboxylic acids is 2. The van der Waals surface area contributed by atoms with Gasteiger partial charge in [-0.3, -0.25) is 19.1 Å². The Morgan fingerprint density at radius 1 is 1.23 bits per heavy atom. The van der Waals surface area contributed by atoms with Crippen molar-refractivity contribution in [1.29, 1.82) is 0 Å². The molecule has 0 radical (unpaired) electrons. The molecule has 0 bridgehead atoms. The molecule has 0 unspecified atom stereocenters. The number of rotatable bonds is 9. The molecule has 2 amide bonds. The predicted molar refractivity (Wildman–Crippen MR) is 133 cm³/mol. The molecular formula is C24H29ClN6O4. The van der Waals surface area contributed by atoms with Crippen LogP contribution in [0.25, 0.3) is 5.82 Å². The molecule has 186 valence electrons. The quantitative estimate of drug-likeness (QED) is 0.465. The Balaban J connectivity index is 1.68. The third-order valence-corrected chi connectivity index (χ3v) is 5.60. The molecule has 3 aromatic rings. The number of hydrogen-bond acceptors (Lipinski definition) is 6. The van der Waals surface area contributed by atoms with Gasteiger partial charge >= 0.3 is 0 Å². The second-order valence-corrected chi connectivity index (χ2v) is 9.24. The largest absolute Gasteiger partial charge is 0.477 e. The summed E-state index contributed by atoms with van der Waals surface area (Å²) in [6, 6.07) is 6.74. The summed E-state index contributed by atoms with van der Waals surface area (Å²) in [5.41, 5.74) is 0.0150. The van der Waals surface area contributed by atoms with Crippen molar-refractivity contribution in [1.82, 2.24) is 24.6 Å². The third kappa shape index (κ3) is 6.07. The molecule has 0 spiro atoms. The summed E-state index contributed by atoms with van der Waals surface area (Å²) in [7, 11) is 1.72. The molecule has 10 nitrogen and oxygen atoms in total. The van der Waals surface area contributed by atoms with E-state index in [1.165, 1.54) is 16.9 Å². The number of nitrogens with one attached hydrogen (secondary N) is 2. The highest BCUT2D eigenvalue weighted by molar-refractivity contribution is 6.30. The molecule has 35 heavy (non-hydrogen) atoms. The van der Waals surface area contributed by atoms with E-state index >= 15 is 0 Å². The van der Waals surface area contributed by atoms with Crippen LogP contribution in [0.15, 0.2) is 41.5 Å². The number of anilines is 1. The Morgan fingerprint density at radius 2 is 1.97 bits per heavy atom. The summed E-state index contributed by atoms with van der Waals surface area (Å²) in [5, 5.41) is 5.87. The normalized spacial score (nSPS) is 11.3. The second kappa shape index (κ2) is 10.7. The summed E-state index contributed by atoms with van der Waals surface area (Å²) < 4.78 is 8.44. The van der Waals surface area contributed by atoms with Crippen LogP contribution in [0.3, 0.4) is 0 Å². The predicted octanol–water partition coefficient (Wildman–Crippen LogP) is 3.11. The average molecular weight is 501 g/mol.